The first-order chi connectivity index (χ1) is 18.6. The topological polar surface area (TPSA) is 72.8 Å². The molecule has 204 valence electrons. The molecule has 0 aliphatic heterocycles. The summed E-state index contributed by atoms with van der Waals surface area (Å²) in [6, 6.07) is 12.2. The third kappa shape index (κ3) is 6.04. The lowest BCUT2D eigenvalue weighted by Gasteiger charge is -2.16. The molecule has 1 aliphatic rings. The summed E-state index contributed by atoms with van der Waals surface area (Å²) in [5.41, 5.74) is 5.87. The number of benzene rings is 2. The van der Waals surface area contributed by atoms with Gasteiger partial charge in [0.2, 0.25) is 5.91 Å². The van der Waals surface area contributed by atoms with Crippen LogP contribution in [-0.2, 0) is 18.4 Å². The van der Waals surface area contributed by atoms with Crippen molar-refractivity contribution in [3.63, 3.8) is 0 Å². The van der Waals surface area contributed by atoms with Gasteiger partial charge in [-0.25, -0.2) is 4.39 Å². The number of carbonyl (C=O) groups is 2. The van der Waals surface area contributed by atoms with E-state index in [1.165, 1.54) is 17.0 Å². The number of aryl methyl sites for hydroxylation is 1. The number of aromatic nitrogens is 1. The van der Waals surface area contributed by atoms with Crippen molar-refractivity contribution < 1.29 is 23.5 Å². The van der Waals surface area contributed by atoms with Crippen LogP contribution in [0.15, 0.2) is 59.1 Å². The van der Waals surface area contributed by atoms with E-state index in [0.29, 0.717) is 28.5 Å². The molecule has 1 aromatic heterocycles. The second-order valence-corrected chi connectivity index (χ2v) is 10.4. The van der Waals surface area contributed by atoms with Crippen molar-refractivity contribution in [3.8, 4) is 11.5 Å². The zero-order valence-corrected chi connectivity index (χ0v) is 23.7. The van der Waals surface area contributed by atoms with Crippen LogP contribution < -0.4 is 14.8 Å². The number of carbonyl (C=O) groups excluding carboxylic acids is 2. The predicted molar refractivity (Wildman–Crippen MR) is 153 cm³/mol. The fourth-order valence-electron chi connectivity index (χ4n) is 4.50. The molecule has 39 heavy (non-hydrogen) atoms. The molecule has 0 saturated heterocycles. The van der Waals surface area contributed by atoms with Gasteiger partial charge >= 0.3 is 0 Å². The van der Waals surface area contributed by atoms with Gasteiger partial charge in [-0.1, -0.05) is 6.07 Å². The van der Waals surface area contributed by atoms with E-state index in [1.54, 1.807) is 34.4 Å². The summed E-state index contributed by atoms with van der Waals surface area (Å²) in [4.78, 5) is 27.4. The molecular formula is C30H32FN3O4S. The van der Waals surface area contributed by atoms with Crippen molar-refractivity contribution in [2.45, 2.75) is 24.8 Å². The Bertz CT molecular complexity index is 1460. The van der Waals surface area contributed by atoms with Crippen LogP contribution in [0.1, 0.15) is 35.7 Å². The van der Waals surface area contributed by atoms with Gasteiger partial charge in [0.25, 0.3) is 5.24 Å². The van der Waals surface area contributed by atoms with Gasteiger partial charge in [-0.2, -0.15) is 0 Å². The highest BCUT2D eigenvalue weighted by Gasteiger charge is 2.26. The molecule has 4 rings (SSSR count). The summed E-state index contributed by atoms with van der Waals surface area (Å²) in [5, 5.41) is 2.82. The average molecular weight is 550 g/mol. The molecule has 0 spiro atoms. The van der Waals surface area contributed by atoms with Crippen molar-refractivity contribution in [2.75, 3.05) is 28.3 Å². The number of methoxy groups -OCH3 is 2. The number of amides is 2. The lowest BCUT2D eigenvalue weighted by Crippen LogP contribution is -2.23. The number of allylic oxidation sites excluding steroid dienone is 2. The van der Waals surface area contributed by atoms with E-state index in [4.69, 9.17) is 9.47 Å². The van der Waals surface area contributed by atoms with E-state index in [9.17, 15) is 14.0 Å². The number of fused-ring (bicyclic) bond motifs is 1. The van der Waals surface area contributed by atoms with Crippen LogP contribution >= 0.6 is 11.8 Å². The van der Waals surface area contributed by atoms with Crippen LogP contribution in [0.2, 0.25) is 0 Å². The summed E-state index contributed by atoms with van der Waals surface area (Å²) in [6.07, 6.45) is 4.02. The van der Waals surface area contributed by atoms with E-state index in [-0.39, 0.29) is 23.4 Å². The van der Waals surface area contributed by atoms with E-state index in [2.05, 4.69) is 5.32 Å². The monoisotopic (exact) mass is 549 g/mol. The molecule has 9 heteroatoms. The molecule has 0 atom stereocenters. The summed E-state index contributed by atoms with van der Waals surface area (Å²) in [7, 11) is 8.38. The average Bonchev–Trinajstić information content (AvgIpc) is 3.43. The predicted octanol–water partition coefficient (Wildman–Crippen LogP) is 5.99. The molecule has 0 unspecified atom stereocenters. The lowest BCUT2D eigenvalue weighted by molar-refractivity contribution is -0.120. The van der Waals surface area contributed by atoms with Crippen LogP contribution in [0.25, 0.3) is 17.2 Å². The van der Waals surface area contributed by atoms with Gasteiger partial charge < -0.3 is 24.3 Å². The SMILES string of the molecule is COc1cc(/C=C2/C(C)=C(CC(=O)NCc3cccn3C)c3cc(F)ccc32)cc(OC)c1SC(=O)N(C)C. The number of nitrogens with zero attached hydrogens (tertiary/aromatic N) is 2. The van der Waals surface area contributed by atoms with Gasteiger partial charge in [0, 0.05) is 33.0 Å². The van der Waals surface area contributed by atoms with Crippen LogP contribution in [0, 0.1) is 5.82 Å². The number of rotatable bonds is 8. The van der Waals surface area contributed by atoms with Crippen LogP contribution in [0.3, 0.4) is 0 Å². The lowest BCUT2D eigenvalue weighted by atomic mass is 10.0. The highest BCUT2D eigenvalue weighted by atomic mass is 32.2. The van der Waals surface area contributed by atoms with Crippen molar-refractivity contribution in [3.05, 3.63) is 82.4 Å². The Balaban J connectivity index is 1.70. The fraction of sp³-hybridized carbons (Fsp3) is 0.267. The Hall–Kier alpha value is -3.98. The largest absolute Gasteiger partial charge is 0.495 e. The van der Waals surface area contributed by atoms with E-state index < -0.39 is 0 Å². The molecule has 1 N–H and O–H groups in total. The number of halogens is 1. The second kappa shape index (κ2) is 11.8. The molecule has 1 heterocycles. The zero-order valence-electron chi connectivity index (χ0n) is 22.9. The second-order valence-electron chi connectivity index (χ2n) is 9.43. The van der Waals surface area contributed by atoms with Gasteiger partial charge in [-0.15, -0.1) is 0 Å². The maximum absolute atomic E-state index is 14.3. The van der Waals surface area contributed by atoms with E-state index in [1.807, 2.05) is 55.1 Å². The number of hydrogen-bond donors (Lipinski definition) is 1. The van der Waals surface area contributed by atoms with Crippen molar-refractivity contribution in [1.29, 1.82) is 0 Å². The first kappa shape index (κ1) is 28.0. The highest BCUT2D eigenvalue weighted by Crippen LogP contribution is 2.45. The highest BCUT2D eigenvalue weighted by molar-refractivity contribution is 8.13. The molecule has 2 amide bonds. The maximum atomic E-state index is 14.3. The van der Waals surface area contributed by atoms with E-state index >= 15 is 0 Å². The van der Waals surface area contributed by atoms with E-state index in [0.717, 1.165) is 45.3 Å². The summed E-state index contributed by atoms with van der Waals surface area (Å²) < 4.78 is 27.5. The minimum absolute atomic E-state index is 0.124. The van der Waals surface area contributed by atoms with Gasteiger partial charge in [0.05, 0.1) is 27.2 Å². The number of nitrogens with one attached hydrogen (secondary N) is 1. The zero-order chi connectivity index (χ0) is 28.3. The summed E-state index contributed by atoms with van der Waals surface area (Å²) >= 11 is 1.03. The standard InChI is InChI=1S/C30H32FN3O4S/c1-18-23(12-19-13-26(37-5)29(27(14-19)38-6)39-30(36)33(2)3)22-10-9-20(31)15-25(22)24(18)16-28(35)32-17-21-8-7-11-34(21)4/h7-15H,16-17H2,1-6H3,(H,32,35)/b23-12-. The third-order valence-electron chi connectivity index (χ3n) is 6.66. The Morgan fingerprint density at radius 1 is 1.08 bits per heavy atom. The molecule has 7 nitrogen and oxygen atoms in total. The Labute approximate surface area is 232 Å². The smallest absolute Gasteiger partial charge is 0.286 e. The molecule has 0 radical (unpaired) electrons. The number of thioether (sulfide) groups is 1. The molecule has 0 saturated carbocycles. The Kier molecular flexibility index (Phi) is 8.50. The Morgan fingerprint density at radius 3 is 2.36 bits per heavy atom. The van der Waals surface area contributed by atoms with Gasteiger partial charge in [0.1, 0.15) is 22.2 Å². The van der Waals surface area contributed by atoms with Crippen LogP contribution in [-0.4, -0.2) is 48.9 Å². The van der Waals surface area contributed by atoms with Crippen molar-refractivity contribution >= 4 is 40.1 Å². The van der Waals surface area contributed by atoms with Crippen LogP contribution in [0.5, 0.6) is 11.5 Å². The van der Waals surface area contributed by atoms with Gasteiger partial charge in [-0.05, 0) is 94.6 Å². The molecule has 2 aromatic carbocycles. The quantitative estimate of drug-likeness (QED) is 0.350. The molecule has 3 aromatic rings. The van der Waals surface area contributed by atoms with Gasteiger partial charge in [0.15, 0.2) is 0 Å². The van der Waals surface area contributed by atoms with Crippen LogP contribution in [0.4, 0.5) is 9.18 Å². The molecule has 0 fully saturated rings. The minimum atomic E-state index is -0.361. The Morgan fingerprint density at radius 2 is 1.77 bits per heavy atom. The number of ether oxygens (including phenoxy) is 2. The minimum Gasteiger partial charge on any atom is -0.495 e. The molecule has 0 bridgehead atoms. The van der Waals surface area contributed by atoms with Gasteiger partial charge in [-0.3, -0.25) is 9.59 Å². The van der Waals surface area contributed by atoms with Crippen molar-refractivity contribution in [2.24, 2.45) is 7.05 Å². The summed E-state index contributed by atoms with van der Waals surface area (Å²) in [6.45, 7) is 2.35. The fourth-order valence-corrected chi connectivity index (χ4v) is 5.35. The number of hydrogen-bond acceptors (Lipinski definition) is 5. The molecule has 1 aliphatic carbocycles. The first-order valence-electron chi connectivity index (χ1n) is 12.4. The maximum Gasteiger partial charge on any atom is 0.286 e. The summed E-state index contributed by atoms with van der Waals surface area (Å²) in [5.74, 6) is 0.498. The normalized spacial score (nSPS) is 13.5. The molecular weight excluding hydrogens is 517 g/mol. The van der Waals surface area contributed by atoms with Crippen molar-refractivity contribution in [1.82, 2.24) is 14.8 Å². The first-order valence-corrected chi connectivity index (χ1v) is 13.2. The third-order valence-corrected chi connectivity index (χ3v) is 7.80.